The third kappa shape index (κ3) is 3.65. The molecule has 10 heteroatoms. The van der Waals surface area contributed by atoms with E-state index in [0.717, 1.165) is 0 Å². The second-order valence-electron chi connectivity index (χ2n) is 17.7. The first-order chi connectivity index (χ1) is 21.7. The van der Waals surface area contributed by atoms with Gasteiger partial charge in [-0.2, -0.15) is 0 Å². The van der Waals surface area contributed by atoms with Crippen LogP contribution in [0.15, 0.2) is 0 Å². The highest BCUT2D eigenvalue weighted by Crippen LogP contribution is 2.68. The first kappa shape index (κ1) is 29.4. The first-order valence-corrected chi connectivity index (χ1v) is 17.4. The maximum Gasteiger partial charge on any atom is 0.319 e. The number of methoxy groups -OCH3 is 1. The van der Waals surface area contributed by atoms with Crippen LogP contribution in [0.3, 0.4) is 0 Å². The molecule has 10 nitrogen and oxygen atoms in total. The summed E-state index contributed by atoms with van der Waals surface area (Å²) in [7, 11) is 1.66. The van der Waals surface area contributed by atoms with Gasteiger partial charge in [0.15, 0.2) is 0 Å². The zero-order valence-corrected chi connectivity index (χ0v) is 26.7. The van der Waals surface area contributed by atoms with Crippen molar-refractivity contribution in [3.05, 3.63) is 0 Å². The van der Waals surface area contributed by atoms with E-state index in [4.69, 9.17) is 14.2 Å². The molecule has 246 valence electrons. The molecule has 0 aromatic carbocycles. The van der Waals surface area contributed by atoms with Crippen LogP contribution in [0.25, 0.3) is 0 Å². The molecule has 6 atom stereocenters. The number of hydrogen-bond acceptors (Lipinski definition) is 10. The monoisotopic (exact) mass is 634 g/mol. The van der Waals surface area contributed by atoms with E-state index in [1.807, 2.05) is 0 Å². The summed E-state index contributed by atoms with van der Waals surface area (Å²) in [6.07, 6.45) is 5.91. The Morgan fingerprint density at radius 3 is 1.26 bits per heavy atom. The van der Waals surface area contributed by atoms with Gasteiger partial charge >= 0.3 is 17.9 Å². The van der Waals surface area contributed by atoms with E-state index in [9.17, 15) is 33.6 Å². The molecule has 0 aliphatic heterocycles. The van der Waals surface area contributed by atoms with Crippen molar-refractivity contribution < 1.29 is 47.8 Å². The Balaban J connectivity index is 0.977. The molecule has 0 heterocycles. The van der Waals surface area contributed by atoms with Gasteiger partial charge in [-0.1, -0.05) is 0 Å². The predicted molar refractivity (Wildman–Crippen MR) is 155 cm³/mol. The van der Waals surface area contributed by atoms with E-state index in [-0.39, 0.29) is 66.1 Å². The molecule has 12 aliphatic carbocycles. The SMILES string of the molecule is COC12CC3CC(OC(=O)C45CC6CC(C(=O)OC(=O)C78CC9CC(C(C)=O)(CC(C7)C9=O)C8)(CC(C4)C6=O)C5)(CC(C1)C3=O)C2. The van der Waals surface area contributed by atoms with Crippen molar-refractivity contribution in [2.45, 2.75) is 114 Å². The molecule has 0 aromatic rings. The summed E-state index contributed by atoms with van der Waals surface area (Å²) in [5.41, 5.74) is -5.26. The van der Waals surface area contributed by atoms with Gasteiger partial charge in [-0.3, -0.25) is 33.6 Å². The fraction of sp³-hybridized carbons (Fsp3) is 0.806. The molecule has 0 saturated heterocycles. The molecule has 12 saturated carbocycles. The predicted octanol–water partition coefficient (Wildman–Crippen LogP) is 3.64. The van der Waals surface area contributed by atoms with Crippen molar-refractivity contribution in [1.29, 1.82) is 0 Å². The van der Waals surface area contributed by atoms with Crippen LogP contribution in [0, 0.1) is 57.2 Å². The number of esters is 3. The van der Waals surface area contributed by atoms with E-state index in [1.165, 1.54) is 6.92 Å². The Bertz CT molecular complexity index is 1500. The highest BCUT2D eigenvalue weighted by molar-refractivity contribution is 5.99. The minimum Gasteiger partial charge on any atom is -0.458 e. The van der Waals surface area contributed by atoms with Crippen molar-refractivity contribution >= 4 is 41.0 Å². The lowest BCUT2D eigenvalue weighted by Crippen LogP contribution is -2.66. The van der Waals surface area contributed by atoms with Gasteiger partial charge < -0.3 is 14.2 Å². The fourth-order valence-corrected chi connectivity index (χ4v) is 13.6. The Morgan fingerprint density at radius 2 is 0.848 bits per heavy atom. The summed E-state index contributed by atoms with van der Waals surface area (Å²) < 4.78 is 18.2. The Hall–Kier alpha value is -2.75. The van der Waals surface area contributed by atoms with Crippen molar-refractivity contribution in [3.63, 3.8) is 0 Å². The lowest BCUT2D eigenvalue weighted by molar-refractivity contribution is -0.235. The summed E-state index contributed by atoms with van der Waals surface area (Å²) in [6, 6.07) is 0. The van der Waals surface area contributed by atoms with Gasteiger partial charge in [0.1, 0.15) is 28.7 Å². The van der Waals surface area contributed by atoms with Gasteiger partial charge in [0.2, 0.25) is 0 Å². The molecule has 46 heavy (non-hydrogen) atoms. The van der Waals surface area contributed by atoms with Crippen molar-refractivity contribution in [2.24, 2.45) is 57.2 Å². The number of carbonyl (C=O) groups is 7. The highest BCUT2D eigenvalue weighted by Gasteiger charge is 2.71. The zero-order valence-electron chi connectivity index (χ0n) is 26.7. The van der Waals surface area contributed by atoms with Crippen LogP contribution in [0.4, 0.5) is 0 Å². The van der Waals surface area contributed by atoms with Gasteiger partial charge in [-0.15, -0.1) is 0 Å². The van der Waals surface area contributed by atoms with Gasteiger partial charge in [0.05, 0.1) is 21.8 Å². The van der Waals surface area contributed by atoms with E-state index in [1.54, 1.807) is 7.11 Å². The minimum atomic E-state index is -1.16. The molecule has 0 N–H and O–H groups in total. The topological polar surface area (TPSA) is 147 Å². The van der Waals surface area contributed by atoms with E-state index in [2.05, 4.69) is 0 Å². The molecular weight excluding hydrogens is 592 g/mol. The largest absolute Gasteiger partial charge is 0.458 e. The molecule has 12 aliphatic rings. The van der Waals surface area contributed by atoms with Crippen molar-refractivity contribution in [1.82, 2.24) is 0 Å². The van der Waals surface area contributed by atoms with Crippen LogP contribution in [0.1, 0.15) is 103 Å². The number of rotatable bonds is 6. The highest BCUT2D eigenvalue weighted by atomic mass is 16.6. The number of Topliss-reactive ketones (excluding diaryl/α,β-unsaturated/α-hetero) is 4. The Morgan fingerprint density at radius 1 is 0.500 bits per heavy atom. The summed E-state index contributed by atoms with van der Waals surface area (Å²) in [6.45, 7) is 1.53. The molecule has 12 bridgehead atoms. The maximum atomic E-state index is 14.4. The Kier molecular flexibility index (Phi) is 5.64. The van der Waals surface area contributed by atoms with Crippen LogP contribution >= 0.6 is 0 Å². The third-order valence-electron chi connectivity index (χ3n) is 15.0. The zero-order chi connectivity index (χ0) is 32.2. The van der Waals surface area contributed by atoms with Crippen LogP contribution in [-0.2, 0) is 47.8 Å². The summed E-state index contributed by atoms with van der Waals surface area (Å²) in [4.78, 5) is 94.5. The molecule has 0 aromatic heterocycles. The number of ketones is 4. The quantitative estimate of drug-likeness (QED) is 0.313. The molecule has 6 unspecified atom stereocenters. The second kappa shape index (κ2) is 8.83. The van der Waals surface area contributed by atoms with Crippen LogP contribution in [-0.4, -0.2) is 59.4 Å². The fourth-order valence-electron chi connectivity index (χ4n) is 13.6. The normalized spacial score (nSPS) is 51.9. The third-order valence-corrected chi connectivity index (χ3v) is 15.0. The Labute approximate surface area is 267 Å². The molecule has 0 radical (unpaired) electrons. The van der Waals surface area contributed by atoms with Crippen LogP contribution in [0.2, 0.25) is 0 Å². The van der Waals surface area contributed by atoms with E-state index < -0.39 is 62.6 Å². The number of ether oxygens (including phenoxy) is 3. The van der Waals surface area contributed by atoms with E-state index >= 15 is 0 Å². The van der Waals surface area contributed by atoms with Gasteiger partial charge in [0, 0.05) is 54.5 Å². The first-order valence-electron chi connectivity index (χ1n) is 17.4. The summed E-state index contributed by atoms with van der Waals surface area (Å²) >= 11 is 0. The van der Waals surface area contributed by atoms with Crippen molar-refractivity contribution in [3.8, 4) is 0 Å². The molecule has 12 fully saturated rings. The summed E-state index contributed by atoms with van der Waals surface area (Å²) in [5.74, 6) is -3.45. The molecule has 0 spiro atoms. The minimum absolute atomic E-state index is 0.0160. The maximum absolute atomic E-state index is 14.4. The lowest BCUT2D eigenvalue weighted by Gasteiger charge is -2.62. The van der Waals surface area contributed by atoms with Gasteiger partial charge in [-0.25, -0.2) is 0 Å². The van der Waals surface area contributed by atoms with Crippen molar-refractivity contribution in [2.75, 3.05) is 7.11 Å². The van der Waals surface area contributed by atoms with Crippen LogP contribution in [0.5, 0.6) is 0 Å². The van der Waals surface area contributed by atoms with Gasteiger partial charge in [-0.05, 0) is 96.8 Å². The number of carbonyl (C=O) groups excluding carboxylic acids is 7. The molecule has 0 amide bonds. The standard InChI is InChI=1S/C36H42O10/c1-18(37)31-3-19-5-32(15-31,6-20(4-31)25(19)38)28(41)45-29(42)33-7-21-9-34(16-33,10-22(8-33)26(21)39)30(43)46-36-13-23-11-35(17-36,44-2)12-24(14-36)27(23)40/h19-24H,3-17H2,1-2H3. The average molecular weight is 635 g/mol. The smallest absolute Gasteiger partial charge is 0.319 e. The van der Waals surface area contributed by atoms with Gasteiger partial charge in [0.25, 0.3) is 0 Å². The second-order valence-corrected chi connectivity index (χ2v) is 17.7. The molecule has 12 rings (SSSR count). The lowest BCUT2D eigenvalue weighted by atomic mass is 9.43. The number of hydrogen-bond donors (Lipinski definition) is 0. The molecular formula is C36H42O10. The summed E-state index contributed by atoms with van der Waals surface area (Å²) in [5, 5.41) is 0. The average Bonchev–Trinajstić information content (AvgIpc) is 2.99. The van der Waals surface area contributed by atoms with E-state index in [0.29, 0.717) is 77.0 Å². The van der Waals surface area contributed by atoms with Crippen LogP contribution < -0.4 is 0 Å².